The number of alkyl halides is 3. The minimum Gasteiger partial charge on any atom is -0.301 e. The van der Waals surface area contributed by atoms with E-state index in [2.05, 4.69) is 9.80 Å². The van der Waals surface area contributed by atoms with Gasteiger partial charge in [-0.2, -0.15) is 13.2 Å². The maximum atomic E-state index is 12.6. The zero-order valence-electron chi connectivity index (χ0n) is 16.1. The zero-order chi connectivity index (χ0) is 20.9. The normalized spacial score (nSPS) is 16.8. The SMILES string of the molecule is O=S(=O)(CCCN1CCN(Cc2ccc(C(F)(F)F)cc2)CC1)c1ccccc1. The predicted molar refractivity (Wildman–Crippen MR) is 106 cm³/mol. The van der Waals surface area contributed by atoms with Gasteiger partial charge in [-0.15, -0.1) is 0 Å². The Kier molecular flexibility index (Phi) is 6.97. The molecule has 0 spiro atoms. The molecule has 0 N–H and O–H groups in total. The van der Waals surface area contributed by atoms with Crippen LogP contribution in [0.25, 0.3) is 0 Å². The molecule has 2 aromatic carbocycles. The van der Waals surface area contributed by atoms with Gasteiger partial charge in [-0.1, -0.05) is 30.3 Å². The molecule has 0 bridgehead atoms. The second-order valence-corrected chi connectivity index (χ2v) is 9.41. The molecule has 4 nitrogen and oxygen atoms in total. The van der Waals surface area contributed by atoms with Crippen molar-refractivity contribution in [1.82, 2.24) is 9.80 Å². The quantitative estimate of drug-likeness (QED) is 0.677. The molecule has 2 aromatic rings. The molecule has 0 radical (unpaired) electrons. The molecular formula is C21H25F3N2O2S. The highest BCUT2D eigenvalue weighted by atomic mass is 32.2. The van der Waals surface area contributed by atoms with Crippen LogP contribution in [-0.2, 0) is 22.6 Å². The first-order valence-electron chi connectivity index (χ1n) is 9.63. The summed E-state index contributed by atoms with van der Waals surface area (Å²) >= 11 is 0. The number of rotatable bonds is 7. The lowest BCUT2D eigenvalue weighted by atomic mass is 10.1. The van der Waals surface area contributed by atoms with Crippen LogP contribution >= 0.6 is 0 Å². The van der Waals surface area contributed by atoms with E-state index in [4.69, 9.17) is 0 Å². The van der Waals surface area contributed by atoms with Crippen LogP contribution in [-0.4, -0.2) is 56.7 Å². The standard InChI is InChI=1S/C21H25F3N2O2S/c22-21(23,24)19-9-7-18(8-10-19)17-26-14-12-25(13-15-26)11-4-16-29(27,28)20-5-2-1-3-6-20/h1-3,5-10H,4,11-17H2. The van der Waals surface area contributed by atoms with Crippen LogP contribution in [0.4, 0.5) is 13.2 Å². The Bertz CT molecular complexity index is 876. The average Bonchev–Trinajstić information content (AvgIpc) is 2.70. The fraction of sp³-hybridized carbons (Fsp3) is 0.429. The van der Waals surface area contributed by atoms with E-state index in [0.717, 1.165) is 50.4 Å². The molecule has 29 heavy (non-hydrogen) atoms. The second kappa shape index (κ2) is 9.28. The first-order chi connectivity index (χ1) is 13.7. The Morgan fingerprint density at radius 1 is 0.828 bits per heavy atom. The van der Waals surface area contributed by atoms with E-state index < -0.39 is 21.6 Å². The summed E-state index contributed by atoms with van der Waals surface area (Å²) in [6.45, 7) is 4.62. The summed E-state index contributed by atoms with van der Waals surface area (Å²) in [5.41, 5.74) is 0.233. The van der Waals surface area contributed by atoms with Crippen LogP contribution in [0.2, 0.25) is 0 Å². The summed E-state index contributed by atoms with van der Waals surface area (Å²) in [6.07, 6.45) is -3.73. The molecule has 0 aromatic heterocycles. The highest BCUT2D eigenvalue weighted by molar-refractivity contribution is 7.91. The second-order valence-electron chi connectivity index (χ2n) is 7.30. The molecule has 1 saturated heterocycles. The van der Waals surface area contributed by atoms with E-state index in [1.165, 1.54) is 12.1 Å². The van der Waals surface area contributed by atoms with Crippen LogP contribution in [0.5, 0.6) is 0 Å². The first kappa shape index (κ1) is 21.8. The van der Waals surface area contributed by atoms with Gasteiger partial charge in [-0.3, -0.25) is 4.90 Å². The van der Waals surface area contributed by atoms with Crippen molar-refractivity contribution in [1.29, 1.82) is 0 Å². The number of hydrogen-bond donors (Lipinski definition) is 0. The monoisotopic (exact) mass is 426 g/mol. The third-order valence-electron chi connectivity index (χ3n) is 5.14. The summed E-state index contributed by atoms with van der Waals surface area (Å²) in [5, 5.41) is 0. The summed E-state index contributed by atoms with van der Waals surface area (Å²) in [5.74, 6) is 0.128. The summed E-state index contributed by atoms with van der Waals surface area (Å²) < 4.78 is 62.6. The lowest BCUT2D eigenvalue weighted by molar-refractivity contribution is -0.137. The molecule has 1 heterocycles. The summed E-state index contributed by atoms with van der Waals surface area (Å²) in [6, 6.07) is 13.8. The minimum atomic E-state index is -4.31. The van der Waals surface area contributed by atoms with E-state index >= 15 is 0 Å². The van der Waals surface area contributed by atoms with E-state index in [0.29, 0.717) is 17.9 Å². The van der Waals surface area contributed by atoms with Crippen molar-refractivity contribution in [3.63, 3.8) is 0 Å². The number of sulfone groups is 1. The first-order valence-corrected chi connectivity index (χ1v) is 11.3. The van der Waals surface area contributed by atoms with E-state index in [1.807, 2.05) is 0 Å². The largest absolute Gasteiger partial charge is 0.416 e. The Morgan fingerprint density at radius 3 is 2.00 bits per heavy atom. The summed E-state index contributed by atoms with van der Waals surface area (Å²) in [4.78, 5) is 4.81. The van der Waals surface area contributed by atoms with Crippen molar-refractivity contribution in [2.24, 2.45) is 0 Å². The number of piperazine rings is 1. The molecule has 1 aliphatic heterocycles. The van der Waals surface area contributed by atoms with Crippen molar-refractivity contribution in [3.05, 3.63) is 65.7 Å². The lowest BCUT2D eigenvalue weighted by Crippen LogP contribution is -2.46. The van der Waals surface area contributed by atoms with Gasteiger partial charge in [0.2, 0.25) is 0 Å². The Balaban J connectivity index is 1.40. The van der Waals surface area contributed by atoms with Crippen molar-refractivity contribution < 1.29 is 21.6 Å². The molecule has 0 aliphatic carbocycles. The zero-order valence-corrected chi connectivity index (χ0v) is 16.9. The molecule has 0 saturated carbocycles. The van der Waals surface area contributed by atoms with Crippen LogP contribution < -0.4 is 0 Å². The van der Waals surface area contributed by atoms with Gasteiger partial charge in [-0.05, 0) is 42.8 Å². The molecule has 1 aliphatic rings. The fourth-order valence-corrected chi connectivity index (χ4v) is 4.77. The lowest BCUT2D eigenvalue weighted by Gasteiger charge is -2.34. The molecule has 0 unspecified atom stereocenters. The maximum Gasteiger partial charge on any atom is 0.416 e. The van der Waals surface area contributed by atoms with Crippen molar-refractivity contribution in [2.75, 3.05) is 38.5 Å². The number of benzene rings is 2. The maximum absolute atomic E-state index is 12.6. The van der Waals surface area contributed by atoms with Gasteiger partial charge < -0.3 is 4.90 Å². The van der Waals surface area contributed by atoms with Gasteiger partial charge in [0, 0.05) is 32.7 Å². The van der Waals surface area contributed by atoms with Crippen LogP contribution in [0, 0.1) is 0 Å². The van der Waals surface area contributed by atoms with Crippen LogP contribution in [0.3, 0.4) is 0 Å². The fourth-order valence-electron chi connectivity index (χ4n) is 3.45. The molecule has 1 fully saturated rings. The van der Waals surface area contributed by atoms with Gasteiger partial charge in [0.25, 0.3) is 0 Å². The van der Waals surface area contributed by atoms with Gasteiger partial charge >= 0.3 is 6.18 Å². The molecule has 8 heteroatoms. The van der Waals surface area contributed by atoms with E-state index in [9.17, 15) is 21.6 Å². The topological polar surface area (TPSA) is 40.6 Å². The Labute approximate surface area is 169 Å². The molecule has 158 valence electrons. The van der Waals surface area contributed by atoms with Gasteiger partial charge in [0.1, 0.15) is 0 Å². The summed E-state index contributed by atoms with van der Waals surface area (Å²) in [7, 11) is -3.24. The minimum absolute atomic E-state index is 0.128. The Hall–Kier alpha value is -1.90. The highest BCUT2D eigenvalue weighted by Crippen LogP contribution is 2.29. The number of hydrogen-bond acceptors (Lipinski definition) is 4. The van der Waals surface area contributed by atoms with Crippen molar-refractivity contribution >= 4 is 9.84 Å². The van der Waals surface area contributed by atoms with Gasteiger partial charge in [-0.25, -0.2) is 8.42 Å². The van der Waals surface area contributed by atoms with Gasteiger partial charge in [0.15, 0.2) is 9.84 Å². The third kappa shape index (κ3) is 6.29. The molecular weight excluding hydrogens is 401 g/mol. The van der Waals surface area contributed by atoms with Crippen LogP contribution in [0.1, 0.15) is 17.5 Å². The van der Waals surface area contributed by atoms with Crippen molar-refractivity contribution in [3.8, 4) is 0 Å². The number of nitrogens with zero attached hydrogens (tertiary/aromatic N) is 2. The van der Waals surface area contributed by atoms with E-state index in [1.54, 1.807) is 30.3 Å². The van der Waals surface area contributed by atoms with Crippen molar-refractivity contribution in [2.45, 2.75) is 24.0 Å². The predicted octanol–water partition coefficient (Wildman–Crippen LogP) is 3.69. The molecule has 0 atom stereocenters. The smallest absolute Gasteiger partial charge is 0.301 e. The Morgan fingerprint density at radius 2 is 1.41 bits per heavy atom. The molecule has 3 rings (SSSR count). The molecule has 0 amide bonds. The van der Waals surface area contributed by atoms with E-state index in [-0.39, 0.29) is 5.75 Å². The number of halogens is 3. The average molecular weight is 427 g/mol. The highest BCUT2D eigenvalue weighted by Gasteiger charge is 2.30. The third-order valence-corrected chi connectivity index (χ3v) is 6.96. The van der Waals surface area contributed by atoms with Gasteiger partial charge in [0.05, 0.1) is 16.2 Å². The van der Waals surface area contributed by atoms with Crippen LogP contribution in [0.15, 0.2) is 59.5 Å².